The lowest BCUT2D eigenvalue weighted by Gasteiger charge is -2.24. The number of rotatable bonds is 1. The molecule has 0 spiro atoms. The van der Waals surface area contributed by atoms with E-state index < -0.39 is 11.2 Å². The number of benzene rings is 1. The molecule has 1 heterocycles. The summed E-state index contributed by atoms with van der Waals surface area (Å²) in [6, 6.07) is 12.1. The number of hydrogen-bond donors (Lipinski definition) is 1. The molecule has 1 aromatic carbocycles. The minimum atomic E-state index is -1.37. The van der Waals surface area contributed by atoms with Crippen molar-refractivity contribution in [2.75, 3.05) is 0 Å². The maximum absolute atomic E-state index is 14.1. The monoisotopic (exact) mass is 278 g/mol. The van der Waals surface area contributed by atoms with Crippen LogP contribution in [0, 0.1) is 28.5 Å². The minimum absolute atomic E-state index is 0.0355. The van der Waals surface area contributed by atoms with E-state index in [0.717, 1.165) is 0 Å². The first-order valence-corrected chi connectivity index (χ1v) is 6.30. The lowest BCUT2D eigenvalue weighted by atomic mass is 9.76. The molecular weight excluding hydrogens is 267 g/mol. The molecule has 102 valence electrons. The van der Waals surface area contributed by atoms with E-state index in [2.05, 4.69) is 6.07 Å². The van der Waals surface area contributed by atoms with E-state index in [4.69, 9.17) is 5.73 Å². The van der Waals surface area contributed by atoms with Crippen molar-refractivity contribution in [3.63, 3.8) is 0 Å². The van der Waals surface area contributed by atoms with Gasteiger partial charge in [0.1, 0.15) is 5.82 Å². The third kappa shape index (κ3) is 1.40. The van der Waals surface area contributed by atoms with Gasteiger partial charge in [-0.3, -0.25) is 0 Å². The first kappa shape index (κ1) is 13.0. The molecule has 1 aromatic heterocycles. The third-order valence-electron chi connectivity index (χ3n) is 3.94. The van der Waals surface area contributed by atoms with E-state index in [1.54, 1.807) is 36.0 Å². The Morgan fingerprint density at radius 3 is 2.57 bits per heavy atom. The third-order valence-corrected chi connectivity index (χ3v) is 3.94. The molecular formula is C16H11FN4. The van der Waals surface area contributed by atoms with E-state index in [1.807, 2.05) is 6.07 Å². The zero-order chi connectivity index (χ0) is 15.2. The number of nitriles is 2. The smallest absolute Gasteiger partial charge is 0.159 e. The number of nitrogens with two attached hydrogens (primary N) is 1. The van der Waals surface area contributed by atoms with E-state index >= 15 is 0 Å². The van der Waals surface area contributed by atoms with Crippen LogP contribution in [0.15, 0.2) is 42.1 Å². The van der Waals surface area contributed by atoms with Crippen molar-refractivity contribution in [3.05, 3.63) is 64.7 Å². The molecule has 1 atom stereocenters. The number of aromatic nitrogens is 1. The lowest BCUT2D eigenvalue weighted by Crippen LogP contribution is -2.28. The highest BCUT2D eigenvalue weighted by Crippen LogP contribution is 2.49. The van der Waals surface area contributed by atoms with Gasteiger partial charge in [0.25, 0.3) is 0 Å². The molecule has 0 bridgehead atoms. The summed E-state index contributed by atoms with van der Waals surface area (Å²) >= 11 is 0. The topological polar surface area (TPSA) is 78.5 Å². The molecule has 0 saturated carbocycles. The van der Waals surface area contributed by atoms with Crippen LogP contribution in [0.5, 0.6) is 0 Å². The number of fused-ring (bicyclic) bond motifs is 1. The summed E-state index contributed by atoms with van der Waals surface area (Å²) in [5.41, 5.74) is 5.87. The maximum atomic E-state index is 14.1. The standard InChI is InChI=1S/C16H11FN4/c1-21-7-3-6-13(21)16(9-19)10-4-2-5-12(17)14(10)15(20)11(16)8-18/h2-7H,20H2,1H3/t16-/m0/s1. The Bertz CT molecular complexity index is 863. The van der Waals surface area contributed by atoms with Gasteiger partial charge in [-0.1, -0.05) is 12.1 Å². The first-order chi connectivity index (χ1) is 10.1. The highest BCUT2D eigenvalue weighted by molar-refractivity contribution is 5.86. The van der Waals surface area contributed by atoms with E-state index in [1.165, 1.54) is 12.1 Å². The second-order valence-corrected chi connectivity index (χ2v) is 4.93. The van der Waals surface area contributed by atoms with Crippen LogP contribution in [0.25, 0.3) is 5.70 Å². The normalized spacial score (nSPS) is 20.0. The summed E-state index contributed by atoms with van der Waals surface area (Å²) in [6.07, 6.45) is 1.77. The van der Waals surface area contributed by atoms with Crippen molar-refractivity contribution < 1.29 is 4.39 Å². The molecule has 3 rings (SSSR count). The van der Waals surface area contributed by atoms with Crippen LogP contribution in [0.4, 0.5) is 4.39 Å². The molecule has 1 aliphatic rings. The van der Waals surface area contributed by atoms with Crippen molar-refractivity contribution >= 4 is 5.70 Å². The van der Waals surface area contributed by atoms with Crippen molar-refractivity contribution in [3.8, 4) is 12.1 Å². The van der Waals surface area contributed by atoms with Crippen LogP contribution < -0.4 is 5.73 Å². The Morgan fingerprint density at radius 1 is 1.24 bits per heavy atom. The summed E-state index contributed by atoms with van der Waals surface area (Å²) in [5, 5.41) is 19.3. The van der Waals surface area contributed by atoms with E-state index in [9.17, 15) is 14.9 Å². The molecule has 5 heteroatoms. The Hall–Kier alpha value is -3.05. The minimum Gasteiger partial charge on any atom is -0.397 e. The Morgan fingerprint density at radius 2 is 2.00 bits per heavy atom. The van der Waals surface area contributed by atoms with E-state index in [0.29, 0.717) is 11.3 Å². The zero-order valence-electron chi connectivity index (χ0n) is 11.3. The fourth-order valence-corrected chi connectivity index (χ4v) is 3.01. The number of hydrogen-bond acceptors (Lipinski definition) is 3. The largest absolute Gasteiger partial charge is 0.397 e. The van der Waals surface area contributed by atoms with Gasteiger partial charge in [0.2, 0.25) is 0 Å². The molecule has 2 aromatic rings. The number of aryl methyl sites for hydroxylation is 1. The second-order valence-electron chi connectivity index (χ2n) is 4.93. The molecule has 0 amide bonds. The van der Waals surface area contributed by atoms with Gasteiger partial charge < -0.3 is 10.3 Å². The Kier molecular flexibility index (Phi) is 2.61. The van der Waals surface area contributed by atoms with Gasteiger partial charge in [-0.05, 0) is 23.8 Å². The fourth-order valence-electron chi connectivity index (χ4n) is 3.01. The second kappa shape index (κ2) is 4.22. The molecule has 0 unspecified atom stereocenters. The van der Waals surface area contributed by atoms with Crippen LogP contribution in [-0.2, 0) is 12.5 Å². The highest BCUT2D eigenvalue weighted by Gasteiger charge is 2.49. The van der Waals surface area contributed by atoms with Gasteiger partial charge in [-0.15, -0.1) is 0 Å². The summed E-state index contributed by atoms with van der Waals surface area (Å²) in [6.45, 7) is 0. The summed E-state index contributed by atoms with van der Waals surface area (Å²) in [5.74, 6) is -0.524. The van der Waals surface area contributed by atoms with Crippen LogP contribution in [0.1, 0.15) is 16.8 Å². The molecule has 0 fully saturated rings. The molecule has 0 aliphatic heterocycles. The molecule has 0 saturated heterocycles. The molecule has 0 radical (unpaired) electrons. The molecule has 4 nitrogen and oxygen atoms in total. The van der Waals surface area contributed by atoms with Crippen molar-refractivity contribution in [1.29, 1.82) is 10.5 Å². The van der Waals surface area contributed by atoms with Gasteiger partial charge in [-0.25, -0.2) is 4.39 Å². The fraction of sp³-hybridized carbons (Fsp3) is 0.125. The van der Waals surface area contributed by atoms with Crippen LogP contribution >= 0.6 is 0 Å². The van der Waals surface area contributed by atoms with E-state index in [-0.39, 0.29) is 16.8 Å². The number of allylic oxidation sites excluding steroid dienone is 1. The Labute approximate surface area is 121 Å². The average molecular weight is 278 g/mol. The predicted octanol–water partition coefficient (Wildman–Crippen LogP) is 2.18. The quantitative estimate of drug-likeness (QED) is 0.868. The van der Waals surface area contributed by atoms with Crippen LogP contribution in [-0.4, -0.2) is 4.57 Å². The molecule has 21 heavy (non-hydrogen) atoms. The number of halogens is 1. The van der Waals surface area contributed by atoms with Crippen molar-refractivity contribution in [2.45, 2.75) is 5.41 Å². The zero-order valence-corrected chi connectivity index (χ0v) is 11.3. The van der Waals surface area contributed by atoms with Crippen LogP contribution in [0.2, 0.25) is 0 Å². The maximum Gasteiger partial charge on any atom is 0.159 e. The van der Waals surface area contributed by atoms with Gasteiger partial charge in [-0.2, -0.15) is 10.5 Å². The molecule has 2 N–H and O–H groups in total. The Balaban J connectivity index is 2.49. The number of nitrogens with zero attached hydrogens (tertiary/aromatic N) is 3. The predicted molar refractivity (Wildman–Crippen MR) is 74.9 cm³/mol. The lowest BCUT2D eigenvalue weighted by molar-refractivity contribution is 0.618. The summed E-state index contributed by atoms with van der Waals surface area (Å²) in [4.78, 5) is 0. The van der Waals surface area contributed by atoms with Crippen molar-refractivity contribution in [1.82, 2.24) is 4.57 Å². The van der Waals surface area contributed by atoms with Crippen LogP contribution in [0.3, 0.4) is 0 Å². The summed E-state index contributed by atoms with van der Waals surface area (Å²) < 4.78 is 15.9. The SMILES string of the molecule is Cn1cccc1[C@]1(C#N)C(C#N)=C(N)c2c(F)cccc21. The average Bonchev–Trinajstić information content (AvgIpc) is 3.00. The molecule has 1 aliphatic carbocycles. The van der Waals surface area contributed by atoms with Gasteiger partial charge in [0.15, 0.2) is 5.41 Å². The summed E-state index contributed by atoms with van der Waals surface area (Å²) in [7, 11) is 1.77. The van der Waals surface area contributed by atoms with Crippen molar-refractivity contribution in [2.24, 2.45) is 12.8 Å². The van der Waals surface area contributed by atoms with Gasteiger partial charge >= 0.3 is 0 Å². The first-order valence-electron chi connectivity index (χ1n) is 6.30. The van der Waals surface area contributed by atoms with Gasteiger partial charge in [0, 0.05) is 24.5 Å². The highest BCUT2D eigenvalue weighted by atomic mass is 19.1. The van der Waals surface area contributed by atoms with Gasteiger partial charge in [0.05, 0.1) is 23.4 Å².